The highest BCUT2D eigenvalue weighted by molar-refractivity contribution is 6.44. The largest absolute Gasteiger partial charge is 0.454 e. The van der Waals surface area contributed by atoms with E-state index in [0.29, 0.717) is 25.2 Å². The predicted molar refractivity (Wildman–Crippen MR) is 103 cm³/mol. The lowest BCUT2D eigenvalue weighted by molar-refractivity contribution is -0.173. The summed E-state index contributed by atoms with van der Waals surface area (Å²) in [6.45, 7) is 6.24. The number of carbonyl (C=O) groups is 3. The average molecular weight is 384 g/mol. The lowest BCUT2D eigenvalue weighted by atomic mass is 9.45. The highest BCUT2D eigenvalue weighted by Gasteiger charge is 2.70. The van der Waals surface area contributed by atoms with Gasteiger partial charge in [0, 0.05) is 24.2 Å². The molecule has 1 saturated heterocycles. The Balaban J connectivity index is 1.55. The molecule has 0 aromatic heterocycles. The summed E-state index contributed by atoms with van der Waals surface area (Å²) in [5, 5.41) is 0. The Morgan fingerprint density at radius 2 is 1.89 bits per heavy atom. The zero-order valence-electron chi connectivity index (χ0n) is 17.1. The molecule has 1 aliphatic heterocycles. The third kappa shape index (κ3) is 2.19. The van der Waals surface area contributed by atoms with Crippen LogP contribution in [0.3, 0.4) is 0 Å². The maximum absolute atomic E-state index is 13.6. The summed E-state index contributed by atoms with van der Waals surface area (Å²) in [7, 11) is -0.413. The van der Waals surface area contributed by atoms with Crippen molar-refractivity contribution in [3.8, 4) is 0 Å². The van der Waals surface area contributed by atoms with Gasteiger partial charge in [0.25, 0.3) is 0 Å². The molecule has 5 rings (SSSR count). The second kappa shape index (κ2) is 5.88. The Hall–Kier alpha value is -1.27. The van der Waals surface area contributed by atoms with Gasteiger partial charge in [0.1, 0.15) is 11.4 Å². The molecule has 0 aromatic rings. The quantitative estimate of drug-likeness (QED) is 0.600. The predicted octanol–water partition coefficient (Wildman–Crippen LogP) is 3.17. The van der Waals surface area contributed by atoms with Gasteiger partial charge in [-0.25, -0.2) is 0 Å². The average Bonchev–Trinajstić information content (AvgIpc) is 2.91. The molecule has 5 nitrogen and oxygen atoms in total. The maximum Gasteiger partial charge on any atom is 0.454 e. The Kier molecular flexibility index (Phi) is 3.94. The Bertz CT molecular complexity index is 805. The van der Waals surface area contributed by atoms with Crippen molar-refractivity contribution in [1.82, 2.24) is 0 Å². The lowest BCUT2D eigenvalue weighted by Crippen LogP contribution is -2.64. The van der Waals surface area contributed by atoms with Gasteiger partial charge in [-0.3, -0.25) is 14.4 Å². The van der Waals surface area contributed by atoms with Crippen LogP contribution in [0.1, 0.15) is 58.8 Å². The number of hydrogen-bond donors (Lipinski definition) is 0. The number of ketones is 3. The van der Waals surface area contributed by atoms with Crippen molar-refractivity contribution in [3.63, 3.8) is 0 Å². The minimum atomic E-state index is -0.879. The first kappa shape index (κ1) is 18.7. The first-order chi connectivity index (χ1) is 13.2. The van der Waals surface area contributed by atoms with Crippen molar-refractivity contribution in [1.29, 1.82) is 0 Å². The zero-order valence-corrected chi connectivity index (χ0v) is 17.1. The fraction of sp³-hybridized carbons (Fsp3) is 0.773. The minimum absolute atomic E-state index is 0.00715. The van der Waals surface area contributed by atoms with Crippen LogP contribution in [0.15, 0.2) is 11.6 Å². The normalized spacial score (nSPS) is 48.2. The second-order valence-electron chi connectivity index (χ2n) is 10.2. The fourth-order valence-electron chi connectivity index (χ4n) is 7.72. The summed E-state index contributed by atoms with van der Waals surface area (Å²) in [6, 6.07) is 0. The van der Waals surface area contributed by atoms with E-state index in [9.17, 15) is 14.4 Å². The summed E-state index contributed by atoms with van der Waals surface area (Å²) >= 11 is 0. The molecule has 0 radical (unpaired) electrons. The molecule has 3 saturated carbocycles. The van der Waals surface area contributed by atoms with E-state index in [4.69, 9.17) is 9.31 Å². The molecule has 4 aliphatic carbocycles. The molecule has 28 heavy (non-hydrogen) atoms. The highest BCUT2D eigenvalue weighted by Crippen LogP contribution is 2.67. The van der Waals surface area contributed by atoms with Crippen LogP contribution in [-0.2, 0) is 23.7 Å². The van der Waals surface area contributed by atoms with Gasteiger partial charge < -0.3 is 9.31 Å². The molecule has 0 aromatic carbocycles. The number of hydrogen-bond acceptors (Lipinski definition) is 5. The summed E-state index contributed by atoms with van der Waals surface area (Å²) in [5.74, 6) is 1.03. The standard InChI is InChI=1S/C22H29BO5/c1-20-8-6-14(24)10-13(20)4-5-15-16-7-9-22(18(26)12-27-23(3)28-22)21(16,2)11-17(25)19(15)20/h10,15-16,19H,4-9,11-12H2,1-3H3. The number of Topliss-reactive ketones (excluding diaryl/α,β-unsaturated/α-hetero) is 2. The van der Waals surface area contributed by atoms with E-state index in [-0.39, 0.29) is 41.2 Å². The van der Waals surface area contributed by atoms with Crippen LogP contribution in [0, 0.1) is 28.6 Å². The summed E-state index contributed by atoms with van der Waals surface area (Å²) in [6.07, 6.45) is 6.98. The van der Waals surface area contributed by atoms with E-state index >= 15 is 0 Å². The number of allylic oxidation sites excluding steroid dienone is 1. The Morgan fingerprint density at radius 1 is 1.11 bits per heavy atom. The van der Waals surface area contributed by atoms with Gasteiger partial charge in [0.2, 0.25) is 0 Å². The molecule has 150 valence electrons. The first-order valence-electron chi connectivity index (χ1n) is 10.8. The third-order valence-corrected chi connectivity index (χ3v) is 9.04. The molecule has 0 bridgehead atoms. The molecule has 6 unspecified atom stereocenters. The van der Waals surface area contributed by atoms with Gasteiger partial charge in [-0.1, -0.05) is 19.4 Å². The fourth-order valence-corrected chi connectivity index (χ4v) is 7.72. The lowest BCUT2D eigenvalue weighted by Gasteiger charge is -2.59. The molecular formula is C22H29BO5. The molecule has 0 N–H and O–H groups in total. The summed E-state index contributed by atoms with van der Waals surface area (Å²) in [5.41, 5.74) is -0.349. The van der Waals surface area contributed by atoms with E-state index < -0.39 is 18.1 Å². The topological polar surface area (TPSA) is 69.7 Å². The Labute approximate surface area is 166 Å². The highest BCUT2D eigenvalue weighted by atomic mass is 16.6. The van der Waals surface area contributed by atoms with Crippen molar-refractivity contribution in [2.45, 2.75) is 71.2 Å². The monoisotopic (exact) mass is 384 g/mol. The number of rotatable bonds is 0. The minimum Gasteiger partial charge on any atom is -0.404 e. The summed E-state index contributed by atoms with van der Waals surface area (Å²) in [4.78, 5) is 38.6. The number of fused-ring (bicyclic) bond motifs is 6. The van der Waals surface area contributed by atoms with Gasteiger partial charge in [-0.15, -0.1) is 0 Å². The van der Waals surface area contributed by atoms with Crippen molar-refractivity contribution in [2.24, 2.45) is 28.6 Å². The van der Waals surface area contributed by atoms with Crippen LogP contribution in [0.2, 0.25) is 6.82 Å². The van der Waals surface area contributed by atoms with E-state index in [2.05, 4.69) is 13.8 Å². The molecule has 1 heterocycles. The van der Waals surface area contributed by atoms with E-state index in [0.717, 1.165) is 25.7 Å². The zero-order chi connectivity index (χ0) is 19.9. The van der Waals surface area contributed by atoms with Crippen molar-refractivity contribution >= 4 is 24.5 Å². The van der Waals surface area contributed by atoms with Crippen LogP contribution in [0.25, 0.3) is 0 Å². The molecule has 0 amide bonds. The van der Waals surface area contributed by atoms with Gasteiger partial charge in [0.05, 0.1) is 6.61 Å². The van der Waals surface area contributed by atoms with Crippen LogP contribution < -0.4 is 0 Å². The Morgan fingerprint density at radius 3 is 2.68 bits per heavy atom. The molecule has 5 aliphatic rings. The molecule has 6 atom stereocenters. The van der Waals surface area contributed by atoms with Gasteiger partial charge in [-0.2, -0.15) is 0 Å². The van der Waals surface area contributed by atoms with Gasteiger partial charge in [0.15, 0.2) is 11.6 Å². The molecule has 1 spiro atoms. The molecule has 6 heteroatoms. The maximum atomic E-state index is 13.6. The van der Waals surface area contributed by atoms with Crippen LogP contribution in [0.4, 0.5) is 0 Å². The SMILES string of the molecule is CB1OCC(=O)C2(CCC3C4CCC5=CC(=O)CCC5(C)C4C(=O)CC32C)O1. The van der Waals surface area contributed by atoms with Crippen LogP contribution in [-0.4, -0.2) is 36.7 Å². The third-order valence-electron chi connectivity index (χ3n) is 9.04. The van der Waals surface area contributed by atoms with Crippen LogP contribution >= 0.6 is 0 Å². The second-order valence-corrected chi connectivity index (χ2v) is 10.2. The molecular weight excluding hydrogens is 355 g/mol. The van der Waals surface area contributed by atoms with E-state index in [1.165, 1.54) is 5.57 Å². The number of carbonyl (C=O) groups excluding carboxylic acids is 3. The van der Waals surface area contributed by atoms with E-state index in [1.807, 2.05) is 12.9 Å². The van der Waals surface area contributed by atoms with Crippen molar-refractivity contribution in [2.75, 3.05) is 6.61 Å². The smallest absolute Gasteiger partial charge is 0.404 e. The van der Waals surface area contributed by atoms with Crippen LogP contribution in [0.5, 0.6) is 0 Å². The van der Waals surface area contributed by atoms with Gasteiger partial charge >= 0.3 is 7.12 Å². The van der Waals surface area contributed by atoms with E-state index in [1.54, 1.807) is 0 Å². The van der Waals surface area contributed by atoms with Crippen molar-refractivity contribution in [3.05, 3.63) is 11.6 Å². The first-order valence-corrected chi connectivity index (χ1v) is 10.8. The van der Waals surface area contributed by atoms with Gasteiger partial charge in [-0.05, 0) is 62.3 Å². The molecule has 4 fully saturated rings. The van der Waals surface area contributed by atoms with Crippen molar-refractivity contribution < 1.29 is 23.7 Å². The summed E-state index contributed by atoms with van der Waals surface area (Å²) < 4.78 is 11.6.